The maximum Gasteiger partial charge on any atom is 0.155 e. The fourth-order valence-corrected chi connectivity index (χ4v) is 7.49. The SMILES string of the molecule is C[C@]12CCC(=O)C=C1CC[C@@H]1[C@@H]2CC[C@@]2(C)[C@H]1CC[C@@]2(O)C#Cc1ccc(F)cc1. The Hall–Kier alpha value is -1.92. The van der Waals surface area contributed by atoms with Crippen LogP contribution in [0.3, 0.4) is 0 Å². The van der Waals surface area contributed by atoms with Gasteiger partial charge in [0.05, 0.1) is 0 Å². The van der Waals surface area contributed by atoms with Gasteiger partial charge in [-0.2, -0.15) is 0 Å². The van der Waals surface area contributed by atoms with Crippen LogP contribution in [0.4, 0.5) is 4.39 Å². The van der Waals surface area contributed by atoms with Crippen LogP contribution in [-0.4, -0.2) is 16.5 Å². The van der Waals surface area contributed by atoms with Crippen LogP contribution in [0.15, 0.2) is 35.9 Å². The molecule has 0 heterocycles. The molecule has 0 aromatic heterocycles. The van der Waals surface area contributed by atoms with Gasteiger partial charge < -0.3 is 5.11 Å². The number of fused-ring (bicyclic) bond motifs is 5. The molecule has 5 rings (SSSR count). The van der Waals surface area contributed by atoms with E-state index < -0.39 is 5.60 Å². The molecule has 0 unspecified atom stereocenters. The smallest absolute Gasteiger partial charge is 0.155 e. The van der Waals surface area contributed by atoms with Gasteiger partial charge in [-0.25, -0.2) is 4.39 Å². The highest BCUT2D eigenvalue weighted by molar-refractivity contribution is 5.91. The van der Waals surface area contributed by atoms with Gasteiger partial charge in [-0.05, 0) is 98.5 Å². The number of rotatable bonds is 0. The lowest BCUT2D eigenvalue weighted by molar-refractivity contribution is -0.119. The number of hydrogen-bond donors (Lipinski definition) is 1. The lowest BCUT2D eigenvalue weighted by Gasteiger charge is -2.58. The van der Waals surface area contributed by atoms with Gasteiger partial charge in [-0.15, -0.1) is 0 Å². The van der Waals surface area contributed by atoms with Crippen molar-refractivity contribution >= 4 is 5.78 Å². The van der Waals surface area contributed by atoms with Crippen LogP contribution < -0.4 is 0 Å². The number of hydrogen-bond acceptors (Lipinski definition) is 2. The molecule has 0 radical (unpaired) electrons. The summed E-state index contributed by atoms with van der Waals surface area (Å²) in [5, 5.41) is 11.7. The summed E-state index contributed by atoms with van der Waals surface area (Å²) in [5.74, 6) is 8.06. The molecule has 0 aliphatic heterocycles. The minimum absolute atomic E-state index is 0.151. The second-order valence-electron chi connectivity index (χ2n) is 10.6. The van der Waals surface area contributed by atoms with E-state index in [0.29, 0.717) is 36.4 Å². The Balaban J connectivity index is 1.44. The quantitative estimate of drug-likeness (QED) is 0.583. The summed E-state index contributed by atoms with van der Waals surface area (Å²) in [6.07, 6.45) is 9.56. The third-order valence-electron chi connectivity index (χ3n) is 9.37. The lowest BCUT2D eigenvalue weighted by Crippen LogP contribution is -2.54. The van der Waals surface area contributed by atoms with Gasteiger partial charge in [0.2, 0.25) is 0 Å². The fraction of sp³-hybridized carbons (Fsp3) is 0.593. The van der Waals surface area contributed by atoms with E-state index in [0.717, 1.165) is 44.1 Å². The molecule has 0 spiro atoms. The number of carbonyl (C=O) groups excluding carboxylic acids is 1. The maximum atomic E-state index is 13.2. The molecule has 0 bridgehead atoms. The zero-order valence-electron chi connectivity index (χ0n) is 18.0. The summed E-state index contributed by atoms with van der Waals surface area (Å²) in [5.41, 5.74) is 1.09. The van der Waals surface area contributed by atoms with Crippen molar-refractivity contribution in [2.75, 3.05) is 0 Å². The monoisotopic (exact) mass is 406 g/mol. The Morgan fingerprint density at radius 1 is 1.00 bits per heavy atom. The minimum atomic E-state index is -0.990. The largest absolute Gasteiger partial charge is 0.377 e. The Labute approximate surface area is 179 Å². The first-order valence-electron chi connectivity index (χ1n) is 11.5. The van der Waals surface area contributed by atoms with Crippen molar-refractivity contribution in [2.45, 2.75) is 70.8 Å². The van der Waals surface area contributed by atoms with Gasteiger partial charge in [-0.1, -0.05) is 31.3 Å². The molecule has 4 aliphatic rings. The van der Waals surface area contributed by atoms with E-state index in [-0.39, 0.29) is 16.6 Å². The van der Waals surface area contributed by atoms with E-state index in [9.17, 15) is 14.3 Å². The molecule has 30 heavy (non-hydrogen) atoms. The predicted molar refractivity (Wildman–Crippen MR) is 115 cm³/mol. The molecule has 2 nitrogen and oxygen atoms in total. The van der Waals surface area contributed by atoms with E-state index >= 15 is 0 Å². The standard InChI is InChI=1S/C27H31FO2/c1-25-13-10-21(29)17-19(25)5-8-22-23(25)11-14-26(2)24(22)12-16-27(26,30)15-9-18-3-6-20(28)7-4-18/h3-4,6-7,17,22-24,30H,5,8,10-14,16H2,1-2H3/t22-,23+,24+,25+,26+,27+/m1/s1. The zero-order chi connectivity index (χ0) is 21.1. The molecule has 4 aliphatic carbocycles. The number of ketones is 1. The number of carbonyl (C=O) groups is 1. The van der Waals surface area contributed by atoms with Gasteiger partial charge in [0.25, 0.3) is 0 Å². The molecule has 3 fully saturated rings. The second kappa shape index (κ2) is 6.79. The highest BCUT2D eigenvalue weighted by Gasteiger charge is 2.63. The van der Waals surface area contributed by atoms with Gasteiger partial charge >= 0.3 is 0 Å². The highest BCUT2D eigenvalue weighted by Crippen LogP contribution is 2.67. The topological polar surface area (TPSA) is 37.3 Å². The van der Waals surface area contributed by atoms with E-state index in [2.05, 4.69) is 25.7 Å². The number of allylic oxidation sites excluding steroid dienone is 1. The van der Waals surface area contributed by atoms with Crippen molar-refractivity contribution in [1.29, 1.82) is 0 Å². The summed E-state index contributed by atoms with van der Waals surface area (Å²) >= 11 is 0. The molecule has 1 N–H and O–H groups in total. The Morgan fingerprint density at radius 3 is 2.50 bits per heavy atom. The van der Waals surface area contributed by atoms with Crippen molar-refractivity contribution in [3.63, 3.8) is 0 Å². The van der Waals surface area contributed by atoms with Crippen molar-refractivity contribution in [2.24, 2.45) is 28.6 Å². The van der Waals surface area contributed by atoms with E-state index in [1.807, 2.05) is 6.08 Å². The number of benzene rings is 1. The minimum Gasteiger partial charge on any atom is -0.377 e. The van der Waals surface area contributed by atoms with Crippen LogP contribution in [0.1, 0.15) is 70.8 Å². The lowest BCUT2D eigenvalue weighted by atomic mass is 9.46. The van der Waals surface area contributed by atoms with E-state index in [4.69, 9.17) is 0 Å². The normalized spacial score (nSPS) is 42.3. The summed E-state index contributed by atoms with van der Waals surface area (Å²) in [7, 11) is 0. The van der Waals surface area contributed by atoms with Crippen LogP contribution in [0.2, 0.25) is 0 Å². The fourth-order valence-electron chi connectivity index (χ4n) is 7.49. The Morgan fingerprint density at radius 2 is 1.73 bits per heavy atom. The van der Waals surface area contributed by atoms with Crippen LogP contribution >= 0.6 is 0 Å². The first-order chi connectivity index (χ1) is 14.3. The first kappa shape index (κ1) is 20.0. The molecule has 1 aromatic rings. The van der Waals surface area contributed by atoms with Gasteiger partial charge in [-0.3, -0.25) is 4.79 Å². The first-order valence-corrected chi connectivity index (χ1v) is 11.5. The van der Waals surface area contributed by atoms with Gasteiger partial charge in [0, 0.05) is 17.4 Å². The molecule has 0 saturated heterocycles. The highest BCUT2D eigenvalue weighted by atomic mass is 19.1. The van der Waals surface area contributed by atoms with Crippen LogP contribution in [0, 0.1) is 46.2 Å². The third-order valence-corrected chi connectivity index (χ3v) is 9.37. The third kappa shape index (κ3) is 2.83. The van der Waals surface area contributed by atoms with Crippen LogP contribution in [0.25, 0.3) is 0 Å². The van der Waals surface area contributed by atoms with Crippen molar-refractivity contribution in [3.05, 3.63) is 47.3 Å². The second-order valence-corrected chi connectivity index (χ2v) is 10.6. The molecule has 158 valence electrons. The molecule has 3 heteroatoms. The molecule has 1 aromatic carbocycles. The predicted octanol–water partition coefficient (Wildman–Crippen LogP) is 5.44. The van der Waals surface area contributed by atoms with Gasteiger partial charge in [0.15, 0.2) is 5.78 Å². The molecule has 3 saturated carbocycles. The van der Waals surface area contributed by atoms with Crippen molar-refractivity contribution in [1.82, 2.24) is 0 Å². The summed E-state index contributed by atoms with van der Waals surface area (Å²) in [6, 6.07) is 6.19. The van der Waals surface area contributed by atoms with Crippen LogP contribution in [-0.2, 0) is 4.79 Å². The summed E-state index contributed by atoms with van der Waals surface area (Å²) < 4.78 is 13.2. The molecule has 0 amide bonds. The van der Waals surface area contributed by atoms with E-state index in [1.54, 1.807) is 12.1 Å². The molecule has 6 atom stereocenters. The number of halogens is 1. The molecular weight excluding hydrogens is 375 g/mol. The zero-order valence-corrected chi connectivity index (χ0v) is 18.0. The average molecular weight is 407 g/mol. The van der Waals surface area contributed by atoms with Gasteiger partial charge in [0.1, 0.15) is 11.4 Å². The Kier molecular flexibility index (Phi) is 4.53. The van der Waals surface area contributed by atoms with Crippen molar-refractivity contribution in [3.8, 4) is 11.8 Å². The van der Waals surface area contributed by atoms with E-state index in [1.165, 1.54) is 17.7 Å². The Bertz CT molecular complexity index is 967. The van der Waals surface area contributed by atoms with Crippen molar-refractivity contribution < 1.29 is 14.3 Å². The summed E-state index contributed by atoms with van der Waals surface area (Å²) in [6.45, 7) is 4.64. The molecular formula is C27H31FO2. The van der Waals surface area contributed by atoms with Crippen LogP contribution in [0.5, 0.6) is 0 Å². The maximum absolute atomic E-state index is 13.2. The number of aliphatic hydroxyl groups is 1. The summed E-state index contributed by atoms with van der Waals surface area (Å²) in [4.78, 5) is 12.0. The average Bonchev–Trinajstić information content (AvgIpc) is 2.99.